The third-order valence-corrected chi connectivity index (χ3v) is 3.37. The second kappa shape index (κ2) is 7.26. The number of hydrogen-bond donors (Lipinski definition) is 0. The van der Waals surface area contributed by atoms with Crippen molar-refractivity contribution < 1.29 is 22.8 Å². The normalized spacial score (nSPS) is 11.9. The number of rotatable bonds is 7. The lowest BCUT2D eigenvalue weighted by molar-refractivity contribution is -0.671. The molecule has 0 fully saturated rings. The van der Waals surface area contributed by atoms with E-state index in [1.165, 1.54) is 6.21 Å². The minimum atomic E-state index is -3.57. The minimum Gasteiger partial charge on any atom is -0.292 e. The molecular formula is C11H18N2O4P+. The summed E-state index contributed by atoms with van der Waals surface area (Å²) in [6, 6.07) is 3.69. The molecule has 0 atom stereocenters. The molecular weight excluding hydrogens is 255 g/mol. The molecule has 18 heavy (non-hydrogen) atoms. The predicted octanol–water partition coefficient (Wildman–Crippen LogP) is 2.04. The lowest BCUT2D eigenvalue weighted by atomic mass is 10.3. The third-order valence-electron chi connectivity index (χ3n) is 1.93. The Labute approximate surface area is 107 Å². The van der Waals surface area contributed by atoms with E-state index in [0.717, 1.165) is 5.56 Å². The van der Waals surface area contributed by atoms with Gasteiger partial charge >= 0.3 is 7.82 Å². The smallest absolute Gasteiger partial charge is 0.292 e. The van der Waals surface area contributed by atoms with E-state index < -0.39 is 7.82 Å². The van der Waals surface area contributed by atoms with E-state index in [1.807, 2.05) is 36.1 Å². The van der Waals surface area contributed by atoms with Crippen molar-refractivity contribution in [3.8, 4) is 0 Å². The number of phosphoric acid groups is 1. The number of phosphoric ester groups is 1. The summed E-state index contributed by atoms with van der Waals surface area (Å²) < 4.78 is 28.4. The van der Waals surface area contributed by atoms with Crippen LogP contribution >= 0.6 is 7.82 Å². The lowest BCUT2D eigenvalue weighted by Crippen LogP contribution is -2.25. The van der Waals surface area contributed by atoms with Crippen LogP contribution < -0.4 is 4.57 Å². The molecule has 0 radical (unpaired) electrons. The molecule has 0 aliphatic heterocycles. The fourth-order valence-electron chi connectivity index (χ4n) is 1.14. The van der Waals surface area contributed by atoms with Crippen LogP contribution in [0.15, 0.2) is 29.7 Å². The van der Waals surface area contributed by atoms with Gasteiger partial charge in [0, 0.05) is 17.7 Å². The number of pyridine rings is 1. The first-order valence-corrected chi connectivity index (χ1v) is 7.12. The number of aromatic nitrogens is 1. The van der Waals surface area contributed by atoms with E-state index in [4.69, 9.17) is 13.7 Å². The monoisotopic (exact) mass is 273 g/mol. The molecule has 0 amide bonds. The molecule has 7 heteroatoms. The van der Waals surface area contributed by atoms with E-state index in [0.29, 0.717) is 0 Å². The quantitative estimate of drug-likeness (QED) is 0.330. The Balaban J connectivity index is 2.61. The van der Waals surface area contributed by atoms with Crippen molar-refractivity contribution in [2.24, 2.45) is 12.2 Å². The first-order valence-electron chi connectivity index (χ1n) is 5.66. The topological polar surface area (TPSA) is 61.0 Å². The van der Waals surface area contributed by atoms with Crippen LogP contribution in [0.2, 0.25) is 0 Å². The summed E-state index contributed by atoms with van der Waals surface area (Å²) in [5, 5.41) is 3.63. The van der Waals surface area contributed by atoms with Crippen molar-refractivity contribution in [1.82, 2.24) is 0 Å². The van der Waals surface area contributed by atoms with Gasteiger partial charge in [0.1, 0.15) is 7.05 Å². The second-order valence-electron chi connectivity index (χ2n) is 3.40. The van der Waals surface area contributed by atoms with Crippen LogP contribution in [0.3, 0.4) is 0 Å². The van der Waals surface area contributed by atoms with Gasteiger partial charge in [-0.3, -0.25) is 13.7 Å². The highest BCUT2D eigenvalue weighted by Gasteiger charge is 2.26. The standard InChI is InChI=1S/C11H18N2O4P/c1-4-15-18(14,16-5-2)17-12-10-11-6-8-13(3)9-7-11/h6-10H,4-5H2,1-3H3/q+1/b12-10+. The largest absolute Gasteiger partial charge is 0.550 e. The molecule has 0 bridgehead atoms. The van der Waals surface area contributed by atoms with Crippen molar-refractivity contribution in [1.29, 1.82) is 0 Å². The molecule has 100 valence electrons. The van der Waals surface area contributed by atoms with Gasteiger partial charge in [0.05, 0.1) is 19.4 Å². The first-order chi connectivity index (χ1) is 8.59. The van der Waals surface area contributed by atoms with Gasteiger partial charge in [0.2, 0.25) is 0 Å². The molecule has 0 aromatic carbocycles. The summed E-state index contributed by atoms with van der Waals surface area (Å²) in [5.41, 5.74) is 0.827. The van der Waals surface area contributed by atoms with Gasteiger partial charge in [-0.2, -0.15) is 0 Å². The minimum absolute atomic E-state index is 0.230. The zero-order chi connectivity index (χ0) is 13.4. The zero-order valence-corrected chi connectivity index (χ0v) is 11.7. The SMILES string of the molecule is CCOP(=O)(OCC)O/N=C/c1cc[n+](C)cc1. The van der Waals surface area contributed by atoms with Gasteiger partial charge in [-0.05, 0) is 13.8 Å². The van der Waals surface area contributed by atoms with Crippen LogP contribution in [-0.4, -0.2) is 19.4 Å². The zero-order valence-electron chi connectivity index (χ0n) is 10.8. The van der Waals surface area contributed by atoms with Gasteiger partial charge < -0.3 is 0 Å². The maximum absolute atomic E-state index is 11.9. The van der Waals surface area contributed by atoms with E-state index in [2.05, 4.69) is 5.16 Å². The van der Waals surface area contributed by atoms with Crippen LogP contribution in [0.1, 0.15) is 19.4 Å². The molecule has 0 aliphatic rings. The van der Waals surface area contributed by atoms with Crippen LogP contribution in [-0.2, 0) is 25.3 Å². The first kappa shape index (κ1) is 14.8. The average molecular weight is 273 g/mol. The van der Waals surface area contributed by atoms with E-state index in [1.54, 1.807) is 13.8 Å². The van der Waals surface area contributed by atoms with Crippen LogP contribution in [0.4, 0.5) is 0 Å². The maximum Gasteiger partial charge on any atom is 0.550 e. The van der Waals surface area contributed by atoms with Crippen molar-refractivity contribution in [2.45, 2.75) is 13.8 Å². The second-order valence-corrected chi connectivity index (χ2v) is 4.97. The molecule has 6 nitrogen and oxygen atoms in total. The van der Waals surface area contributed by atoms with Crippen LogP contribution in [0, 0.1) is 0 Å². The maximum atomic E-state index is 11.9. The van der Waals surface area contributed by atoms with Gasteiger partial charge in [-0.25, -0.2) is 9.13 Å². The van der Waals surface area contributed by atoms with Crippen LogP contribution in [0.5, 0.6) is 0 Å². The van der Waals surface area contributed by atoms with Crippen molar-refractivity contribution in [3.63, 3.8) is 0 Å². The van der Waals surface area contributed by atoms with Gasteiger partial charge in [0.25, 0.3) is 0 Å². The summed E-state index contributed by atoms with van der Waals surface area (Å²) in [4.78, 5) is 0. The number of nitrogens with zero attached hydrogens (tertiary/aromatic N) is 2. The number of oxime groups is 1. The Bertz CT molecular complexity index is 423. The molecule has 1 aromatic heterocycles. The van der Waals surface area contributed by atoms with E-state index in [9.17, 15) is 4.57 Å². The highest BCUT2D eigenvalue weighted by atomic mass is 31.2. The Morgan fingerprint density at radius 2 is 1.83 bits per heavy atom. The van der Waals surface area contributed by atoms with E-state index >= 15 is 0 Å². The summed E-state index contributed by atoms with van der Waals surface area (Å²) >= 11 is 0. The highest BCUT2D eigenvalue weighted by Crippen LogP contribution is 2.49. The van der Waals surface area contributed by atoms with Gasteiger partial charge in [-0.1, -0.05) is 5.16 Å². The average Bonchev–Trinajstić information content (AvgIpc) is 2.32. The highest BCUT2D eigenvalue weighted by molar-refractivity contribution is 7.48. The van der Waals surface area contributed by atoms with Gasteiger partial charge in [0.15, 0.2) is 12.4 Å². The fraction of sp³-hybridized carbons (Fsp3) is 0.455. The molecule has 0 unspecified atom stereocenters. The summed E-state index contributed by atoms with van der Waals surface area (Å²) in [5.74, 6) is 0. The van der Waals surface area contributed by atoms with Gasteiger partial charge in [-0.15, -0.1) is 0 Å². The Morgan fingerprint density at radius 1 is 1.28 bits per heavy atom. The lowest BCUT2D eigenvalue weighted by Gasteiger charge is -2.12. The van der Waals surface area contributed by atoms with E-state index in [-0.39, 0.29) is 13.2 Å². The Morgan fingerprint density at radius 3 is 2.33 bits per heavy atom. The van der Waals surface area contributed by atoms with Crippen molar-refractivity contribution >= 4 is 14.0 Å². The molecule has 0 N–H and O–H groups in total. The fourth-order valence-corrected chi connectivity index (χ4v) is 2.11. The van der Waals surface area contributed by atoms with Crippen molar-refractivity contribution in [2.75, 3.05) is 13.2 Å². The third kappa shape index (κ3) is 4.96. The summed E-state index contributed by atoms with van der Waals surface area (Å²) in [6.07, 6.45) is 5.18. The molecule has 0 spiro atoms. The number of aryl methyl sites for hydroxylation is 1. The molecule has 0 saturated heterocycles. The number of hydrogen-bond acceptors (Lipinski definition) is 5. The Kier molecular flexibility index (Phi) is 5.98. The summed E-state index contributed by atoms with van der Waals surface area (Å²) in [7, 11) is -1.66. The molecule has 1 aromatic rings. The van der Waals surface area contributed by atoms with Crippen LogP contribution in [0.25, 0.3) is 0 Å². The molecule has 0 saturated carbocycles. The molecule has 1 heterocycles. The predicted molar refractivity (Wildman–Crippen MR) is 67.2 cm³/mol. The van der Waals surface area contributed by atoms with Crippen molar-refractivity contribution in [3.05, 3.63) is 30.1 Å². The molecule has 1 rings (SSSR count). The Hall–Kier alpha value is -1.23. The summed E-state index contributed by atoms with van der Waals surface area (Å²) in [6.45, 7) is 3.87. The molecule has 0 aliphatic carbocycles.